The van der Waals surface area contributed by atoms with Gasteiger partial charge in [-0.25, -0.2) is 4.79 Å². The average Bonchev–Trinajstić information content (AvgIpc) is 2.42. The Balaban J connectivity index is 2.50. The third kappa shape index (κ3) is 8.76. The topological polar surface area (TPSA) is 88.7 Å². The average molecular weight is 329 g/mol. The van der Waals surface area contributed by atoms with E-state index in [1.807, 2.05) is 13.8 Å². The zero-order valence-electron chi connectivity index (χ0n) is 14.9. The molecule has 134 valence electrons. The molecule has 7 heteroatoms. The molecule has 0 aromatic rings. The summed E-state index contributed by atoms with van der Waals surface area (Å²) >= 11 is 0. The highest BCUT2D eigenvalue weighted by Crippen LogP contribution is 2.09. The molecule has 1 saturated heterocycles. The molecule has 1 fully saturated rings. The Morgan fingerprint density at radius 1 is 1.35 bits per heavy atom. The molecule has 2 amide bonds. The van der Waals surface area contributed by atoms with Gasteiger partial charge in [-0.1, -0.05) is 13.8 Å². The van der Waals surface area contributed by atoms with Crippen molar-refractivity contribution in [3.05, 3.63) is 0 Å². The number of alkyl carbamates (subject to hydrolysis) is 1. The second-order valence-corrected chi connectivity index (χ2v) is 7.27. The number of hydrogen-bond donors (Lipinski definition) is 3. The van der Waals surface area contributed by atoms with Gasteiger partial charge in [-0.05, 0) is 33.1 Å². The fraction of sp³-hybridized carbons (Fsp3) is 0.875. The number of morpholine rings is 1. The molecule has 0 aromatic carbocycles. The quantitative estimate of drug-likeness (QED) is 0.677. The molecule has 0 aliphatic carbocycles. The van der Waals surface area contributed by atoms with Crippen LogP contribution < -0.4 is 16.0 Å². The first-order chi connectivity index (χ1) is 10.7. The van der Waals surface area contributed by atoms with Crippen molar-refractivity contribution in [3.63, 3.8) is 0 Å². The Morgan fingerprint density at radius 3 is 2.57 bits per heavy atom. The number of nitrogens with one attached hydrogen (secondary N) is 3. The van der Waals surface area contributed by atoms with Crippen molar-refractivity contribution in [2.75, 3.05) is 26.2 Å². The first-order valence-corrected chi connectivity index (χ1v) is 8.27. The number of carbonyl (C=O) groups excluding carboxylic acids is 2. The smallest absolute Gasteiger partial charge is 0.408 e. The Labute approximate surface area is 138 Å². The molecule has 2 atom stereocenters. The molecule has 1 heterocycles. The number of rotatable bonds is 6. The molecule has 0 saturated carbocycles. The summed E-state index contributed by atoms with van der Waals surface area (Å²) in [6.45, 7) is 12.0. The zero-order chi connectivity index (χ0) is 17.5. The van der Waals surface area contributed by atoms with Crippen LogP contribution >= 0.6 is 0 Å². The Kier molecular flexibility index (Phi) is 7.78. The van der Waals surface area contributed by atoms with Crippen molar-refractivity contribution in [1.82, 2.24) is 16.0 Å². The first-order valence-electron chi connectivity index (χ1n) is 8.27. The van der Waals surface area contributed by atoms with Crippen molar-refractivity contribution >= 4 is 12.0 Å². The second kappa shape index (κ2) is 9.08. The number of carbonyl (C=O) groups is 2. The van der Waals surface area contributed by atoms with Crippen LogP contribution in [0, 0.1) is 5.92 Å². The molecule has 1 aliphatic rings. The third-order valence-corrected chi connectivity index (χ3v) is 3.22. The predicted molar refractivity (Wildman–Crippen MR) is 88.2 cm³/mol. The van der Waals surface area contributed by atoms with E-state index in [2.05, 4.69) is 16.0 Å². The summed E-state index contributed by atoms with van der Waals surface area (Å²) in [5, 5.41) is 8.73. The minimum Gasteiger partial charge on any atom is -0.444 e. The molecular weight excluding hydrogens is 298 g/mol. The SMILES string of the molecule is CC(C)C[C@H](NC(=O)OC(C)(C)C)C(=O)NCC1CNCCO1. The van der Waals surface area contributed by atoms with Gasteiger partial charge in [0.05, 0.1) is 12.7 Å². The summed E-state index contributed by atoms with van der Waals surface area (Å²) in [6.07, 6.45) is -0.0581. The first kappa shape index (κ1) is 19.7. The lowest BCUT2D eigenvalue weighted by atomic mass is 10.0. The van der Waals surface area contributed by atoms with E-state index < -0.39 is 17.7 Å². The zero-order valence-corrected chi connectivity index (χ0v) is 14.9. The summed E-state index contributed by atoms with van der Waals surface area (Å²) < 4.78 is 10.8. The van der Waals surface area contributed by atoms with Gasteiger partial charge in [0.2, 0.25) is 5.91 Å². The van der Waals surface area contributed by atoms with Crippen LogP contribution in [0.15, 0.2) is 0 Å². The molecule has 0 aromatic heterocycles. The van der Waals surface area contributed by atoms with E-state index in [0.717, 1.165) is 6.54 Å². The molecule has 0 radical (unpaired) electrons. The minimum absolute atomic E-state index is 0.0334. The van der Waals surface area contributed by atoms with Crippen LogP contribution in [-0.2, 0) is 14.3 Å². The highest BCUT2D eigenvalue weighted by Gasteiger charge is 2.25. The van der Waals surface area contributed by atoms with E-state index in [9.17, 15) is 9.59 Å². The van der Waals surface area contributed by atoms with Gasteiger partial charge in [0, 0.05) is 19.6 Å². The molecule has 1 aliphatic heterocycles. The van der Waals surface area contributed by atoms with Crippen LogP contribution in [0.4, 0.5) is 4.79 Å². The number of ether oxygens (including phenoxy) is 2. The van der Waals surface area contributed by atoms with Gasteiger partial charge in [0.25, 0.3) is 0 Å². The van der Waals surface area contributed by atoms with Crippen LogP contribution in [-0.4, -0.2) is 56.0 Å². The van der Waals surface area contributed by atoms with E-state index in [1.165, 1.54) is 0 Å². The van der Waals surface area contributed by atoms with Crippen LogP contribution in [0.5, 0.6) is 0 Å². The fourth-order valence-electron chi connectivity index (χ4n) is 2.24. The Bertz CT molecular complexity index is 387. The lowest BCUT2D eigenvalue weighted by Crippen LogP contribution is -2.52. The second-order valence-electron chi connectivity index (χ2n) is 7.27. The van der Waals surface area contributed by atoms with Crippen molar-refractivity contribution in [2.24, 2.45) is 5.92 Å². The standard InChI is InChI=1S/C16H31N3O4/c1-11(2)8-13(19-15(21)23-16(3,4)5)14(20)18-10-12-9-17-6-7-22-12/h11-13,17H,6-10H2,1-5H3,(H,18,20)(H,19,21)/t12?,13-/m0/s1. The van der Waals surface area contributed by atoms with Crippen molar-refractivity contribution < 1.29 is 19.1 Å². The number of hydrogen-bond acceptors (Lipinski definition) is 5. The molecule has 3 N–H and O–H groups in total. The Hall–Kier alpha value is -1.34. The lowest BCUT2D eigenvalue weighted by Gasteiger charge is -2.26. The van der Waals surface area contributed by atoms with Gasteiger partial charge in [-0.15, -0.1) is 0 Å². The van der Waals surface area contributed by atoms with Crippen LogP contribution in [0.1, 0.15) is 41.0 Å². The molecule has 0 spiro atoms. The van der Waals surface area contributed by atoms with Crippen molar-refractivity contribution in [3.8, 4) is 0 Å². The lowest BCUT2D eigenvalue weighted by molar-refractivity contribution is -0.124. The van der Waals surface area contributed by atoms with Gasteiger partial charge in [0.15, 0.2) is 0 Å². The molecule has 7 nitrogen and oxygen atoms in total. The van der Waals surface area contributed by atoms with Crippen molar-refractivity contribution in [1.29, 1.82) is 0 Å². The molecule has 1 unspecified atom stereocenters. The highest BCUT2D eigenvalue weighted by atomic mass is 16.6. The Morgan fingerprint density at radius 2 is 2.04 bits per heavy atom. The van der Waals surface area contributed by atoms with E-state index in [0.29, 0.717) is 26.1 Å². The molecule has 1 rings (SSSR count). The van der Waals surface area contributed by atoms with E-state index in [1.54, 1.807) is 20.8 Å². The maximum atomic E-state index is 12.4. The van der Waals surface area contributed by atoms with Gasteiger partial charge in [-0.3, -0.25) is 4.79 Å². The maximum Gasteiger partial charge on any atom is 0.408 e. The predicted octanol–water partition coefficient (Wildman–Crippen LogP) is 1.03. The van der Waals surface area contributed by atoms with E-state index >= 15 is 0 Å². The van der Waals surface area contributed by atoms with E-state index in [-0.39, 0.29) is 17.9 Å². The maximum absolute atomic E-state index is 12.4. The summed E-state index contributed by atoms with van der Waals surface area (Å²) in [4.78, 5) is 24.3. The minimum atomic E-state index is -0.610. The fourth-order valence-corrected chi connectivity index (χ4v) is 2.24. The van der Waals surface area contributed by atoms with E-state index in [4.69, 9.17) is 9.47 Å². The molecule has 0 bridgehead atoms. The van der Waals surface area contributed by atoms with Crippen molar-refractivity contribution in [2.45, 2.75) is 58.8 Å². The van der Waals surface area contributed by atoms with Crippen LogP contribution in [0.25, 0.3) is 0 Å². The summed E-state index contributed by atoms with van der Waals surface area (Å²) in [6, 6.07) is -0.610. The summed E-state index contributed by atoms with van der Waals surface area (Å²) in [5.74, 6) is 0.0621. The van der Waals surface area contributed by atoms with Gasteiger partial charge >= 0.3 is 6.09 Å². The van der Waals surface area contributed by atoms with Gasteiger partial charge in [-0.2, -0.15) is 0 Å². The monoisotopic (exact) mass is 329 g/mol. The van der Waals surface area contributed by atoms with Crippen LogP contribution in [0.3, 0.4) is 0 Å². The molecule has 23 heavy (non-hydrogen) atoms. The summed E-state index contributed by atoms with van der Waals surface area (Å²) in [5.41, 5.74) is -0.593. The van der Waals surface area contributed by atoms with Crippen LogP contribution in [0.2, 0.25) is 0 Å². The summed E-state index contributed by atoms with van der Waals surface area (Å²) in [7, 11) is 0. The van der Waals surface area contributed by atoms with Gasteiger partial charge in [0.1, 0.15) is 11.6 Å². The van der Waals surface area contributed by atoms with Gasteiger partial charge < -0.3 is 25.4 Å². The number of amides is 2. The normalized spacial score (nSPS) is 20.0. The molecular formula is C16H31N3O4. The largest absolute Gasteiger partial charge is 0.444 e. The highest BCUT2D eigenvalue weighted by molar-refractivity contribution is 5.85. The third-order valence-electron chi connectivity index (χ3n) is 3.22.